The summed E-state index contributed by atoms with van der Waals surface area (Å²) >= 11 is 3.73. The molecule has 3 heteroatoms. The molecule has 1 aliphatic heterocycles. The zero-order valence-electron chi connectivity index (χ0n) is 12.0. The minimum absolute atomic E-state index is 0.556. The number of nitrogens with one attached hydrogen (secondary N) is 1. The van der Waals surface area contributed by atoms with Gasteiger partial charge in [-0.15, -0.1) is 0 Å². The second-order valence-electron chi connectivity index (χ2n) is 5.79. The third kappa shape index (κ3) is 4.30. The zero-order valence-corrected chi connectivity index (χ0v) is 13.6. The lowest BCUT2D eigenvalue weighted by Crippen LogP contribution is -2.45. The Morgan fingerprint density at radius 3 is 2.47 bits per heavy atom. The van der Waals surface area contributed by atoms with Gasteiger partial charge in [0.1, 0.15) is 0 Å². The second-order valence-corrected chi connectivity index (χ2v) is 6.65. The number of hydrogen-bond donors (Lipinski definition) is 1. The van der Waals surface area contributed by atoms with E-state index in [9.17, 15) is 0 Å². The number of halogens is 1. The van der Waals surface area contributed by atoms with E-state index in [4.69, 9.17) is 0 Å². The van der Waals surface area contributed by atoms with Crippen molar-refractivity contribution in [1.82, 2.24) is 10.2 Å². The van der Waals surface area contributed by atoms with Crippen molar-refractivity contribution in [3.63, 3.8) is 0 Å². The standard InChI is InChI=1S/C16H25BrN2/c1-13(2)7-8-16(19-11-9-18-10-12-19)14-5-3-4-6-15(14)17/h3-6,13,16,18H,7-12H2,1-2H3/t16-/m0/s1. The van der Waals surface area contributed by atoms with Crippen LogP contribution in [0, 0.1) is 5.92 Å². The molecule has 1 N–H and O–H groups in total. The molecule has 1 saturated heterocycles. The molecule has 19 heavy (non-hydrogen) atoms. The van der Waals surface area contributed by atoms with Crippen LogP contribution < -0.4 is 5.32 Å². The third-order valence-electron chi connectivity index (χ3n) is 3.87. The van der Waals surface area contributed by atoms with Gasteiger partial charge in [0, 0.05) is 36.7 Å². The number of rotatable bonds is 5. The van der Waals surface area contributed by atoms with Crippen molar-refractivity contribution < 1.29 is 0 Å². The maximum absolute atomic E-state index is 3.73. The highest BCUT2D eigenvalue weighted by Crippen LogP contribution is 2.32. The van der Waals surface area contributed by atoms with Crippen molar-refractivity contribution in [3.05, 3.63) is 34.3 Å². The molecule has 0 bridgehead atoms. The van der Waals surface area contributed by atoms with Crippen molar-refractivity contribution in [2.24, 2.45) is 5.92 Å². The highest BCUT2D eigenvalue weighted by atomic mass is 79.9. The van der Waals surface area contributed by atoms with Gasteiger partial charge >= 0.3 is 0 Å². The number of piperazine rings is 1. The van der Waals surface area contributed by atoms with Crippen molar-refractivity contribution in [1.29, 1.82) is 0 Å². The first-order chi connectivity index (χ1) is 9.18. The molecule has 0 aromatic heterocycles. The Hall–Kier alpha value is -0.380. The van der Waals surface area contributed by atoms with Crippen molar-refractivity contribution in [3.8, 4) is 0 Å². The first-order valence-electron chi connectivity index (χ1n) is 7.37. The maximum atomic E-state index is 3.73. The van der Waals surface area contributed by atoms with Crippen molar-refractivity contribution in [2.75, 3.05) is 26.2 Å². The van der Waals surface area contributed by atoms with Crippen LogP contribution in [0.2, 0.25) is 0 Å². The fourth-order valence-electron chi connectivity index (χ4n) is 2.77. The normalized spacial score (nSPS) is 18.7. The van der Waals surface area contributed by atoms with Gasteiger partial charge in [0.15, 0.2) is 0 Å². The number of nitrogens with zero attached hydrogens (tertiary/aromatic N) is 1. The topological polar surface area (TPSA) is 15.3 Å². The first-order valence-corrected chi connectivity index (χ1v) is 8.17. The molecule has 2 nitrogen and oxygen atoms in total. The Kier molecular flexibility index (Phi) is 5.86. The summed E-state index contributed by atoms with van der Waals surface area (Å²) in [5.74, 6) is 0.771. The van der Waals surface area contributed by atoms with E-state index in [2.05, 4.69) is 64.3 Å². The molecule has 0 aliphatic carbocycles. The van der Waals surface area contributed by atoms with Gasteiger partial charge in [0.25, 0.3) is 0 Å². The van der Waals surface area contributed by atoms with Gasteiger partial charge in [0.2, 0.25) is 0 Å². The van der Waals surface area contributed by atoms with Crippen LogP contribution in [0.25, 0.3) is 0 Å². The van der Waals surface area contributed by atoms with E-state index in [1.807, 2.05) is 0 Å². The lowest BCUT2D eigenvalue weighted by atomic mass is 9.96. The van der Waals surface area contributed by atoms with Crippen LogP contribution in [0.3, 0.4) is 0 Å². The van der Waals surface area contributed by atoms with Crippen LogP contribution in [0.1, 0.15) is 38.3 Å². The molecule has 0 unspecified atom stereocenters. The van der Waals surface area contributed by atoms with Crippen LogP contribution in [0.5, 0.6) is 0 Å². The van der Waals surface area contributed by atoms with Gasteiger partial charge in [0.05, 0.1) is 0 Å². The molecule has 1 aromatic carbocycles. The molecule has 106 valence electrons. The van der Waals surface area contributed by atoms with Gasteiger partial charge in [-0.2, -0.15) is 0 Å². The molecular weight excluding hydrogens is 300 g/mol. The van der Waals surface area contributed by atoms with Crippen LogP contribution in [0.4, 0.5) is 0 Å². The summed E-state index contributed by atoms with van der Waals surface area (Å²) in [7, 11) is 0. The van der Waals surface area contributed by atoms with E-state index in [1.54, 1.807) is 0 Å². The molecule has 1 aromatic rings. The second kappa shape index (κ2) is 7.41. The van der Waals surface area contributed by atoms with Crippen LogP contribution >= 0.6 is 15.9 Å². The zero-order chi connectivity index (χ0) is 13.7. The minimum atomic E-state index is 0.556. The lowest BCUT2D eigenvalue weighted by molar-refractivity contribution is 0.159. The molecule has 1 fully saturated rings. The molecule has 1 aliphatic rings. The van der Waals surface area contributed by atoms with E-state index in [0.717, 1.165) is 32.1 Å². The molecule has 0 saturated carbocycles. The van der Waals surface area contributed by atoms with Crippen molar-refractivity contribution in [2.45, 2.75) is 32.7 Å². The summed E-state index contributed by atoms with van der Waals surface area (Å²) in [4.78, 5) is 2.64. The Morgan fingerprint density at radius 1 is 1.16 bits per heavy atom. The molecule has 0 amide bonds. The van der Waals surface area contributed by atoms with Gasteiger partial charge in [-0.1, -0.05) is 48.0 Å². The fraction of sp³-hybridized carbons (Fsp3) is 0.625. The minimum Gasteiger partial charge on any atom is -0.314 e. The van der Waals surface area contributed by atoms with Gasteiger partial charge in [-0.3, -0.25) is 4.90 Å². The Labute approximate surface area is 125 Å². The largest absolute Gasteiger partial charge is 0.314 e. The molecular formula is C16H25BrN2. The molecule has 1 atom stereocenters. The average Bonchev–Trinajstić information content (AvgIpc) is 2.42. The predicted octanol–water partition coefficient (Wildman–Crippen LogP) is 3.83. The highest BCUT2D eigenvalue weighted by Gasteiger charge is 2.23. The van der Waals surface area contributed by atoms with E-state index in [0.29, 0.717) is 6.04 Å². The van der Waals surface area contributed by atoms with Crippen molar-refractivity contribution >= 4 is 15.9 Å². The van der Waals surface area contributed by atoms with Crippen LogP contribution in [-0.4, -0.2) is 31.1 Å². The van der Waals surface area contributed by atoms with E-state index >= 15 is 0 Å². The molecule has 0 spiro atoms. The van der Waals surface area contributed by atoms with Gasteiger partial charge < -0.3 is 5.32 Å². The maximum Gasteiger partial charge on any atom is 0.0360 e. The predicted molar refractivity (Wildman–Crippen MR) is 85.4 cm³/mol. The summed E-state index contributed by atoms with van der Waals surface area (Å²) in [6, 6.07) is 9.26. The van der Waals surface area contributed by atoms with Crippen LogP contribution in [0.15, 0.2) is 28.7 Å². The Balaban J connectivity index is 2.15. The quantitative estimate of drug-likeness (QED) is 0.885. The fourth-order valence-corrected chi connectivity index (χ4v) is 3.31. The summed E-state index contributed by atoms with van der Waals surface area (Å²) in [5, 5.41) is 3.45. The number of hydrogen-bond acceptors (Lipinski definition) is 2. The average molecular weight is 325 g/mol. The van der Waals surface area contributed by atoms with E-state index in [1.165, 1.54) is 22.9 Å². The third-order valence-corrected chi connectivity index (χ3v) is 4.60. The summed E-state index contributed by atoms with van der Waals surface area (Å²) in [5.41, 5.74) is 1.45. The summed E-state index contributed by atoms with van der Waals surface area (Å²) < 4.78 is 1.25. The van der Waals surface area contributed by atoms with E-state index < -0.39 is 0 Å². The Bertz CT molecular complexity index is 386. The smallest absolute Gasteiger partial charge is 0.0360 e. The molecule has 2 rings (SSSR count). The monoisotopic (exact) mass is 324 g/mol. The van der Waals surface area contributed by atoms with Crippen LogP contribution in [-0.2, 0) is 0 Å². The first kappa shape index (κ1) is 15.0. The summed E-state index contributed by atoms with van der Waals surface area (Å²) in [6.45, 7) is 9.17. The number of benzene rings is 1. The van der Waals surface area contributed by atoms with Gasteiger partial charge in [-0.05, 0) is 30.4 Å². The SMILES string of the molecule is CC(C)CC[C@@H](c1ccccc1Br)N1CCNCC1. The van der Waals surface area contributed by atoms with E-state index in [-0.39, 0.29) is 0 Å². The Morgan fingerprint density at radius 2 is 1.84 bits per heavy atom. The van der Waals surface area contributed by atoms with Gasteiger partial charge in [-0.25, -0.2) is 0 Å². The molecule has 0 radical (unpaired) electrons. The summed E-state index contributed by atoms with van der Waals surface area (Å²) in [6.07, 6.45) is 2.54. The lowest BCUT2D eigenvalue weighted by Gasteiger charge is -2.36. The molecule has 1 heterocycles. The highest BCUT2D eigenvalue weighted by molar-refractivity contribution is 9.10.